The van der Waals surface area contributed by atoms with Crippen molar-refractivity contribution >= 4 is 17.2 Å². The molecule has 2 aromatic heterocycles. The molecule has 0 aromatic carbocycles. The van der Waals surface area contributed by atoms with Crippen LogP contribution in [0.25, 0.3) is 5.57 Å². The topological polar surface area (TPSA) is 112 Å². The predicted molar refractivity (Wildman–Crippen MR) is 91.0 cm³/mol. The Labute approximate surface area is 143 Å². The van der Waals surface area contributed by atoms with Gasteiger partial charge in [-0.2, -0.15) is 0 Å². The number of hydrogen-bond donors (Lipinski definition) is 2. The van der Waals surface area contributed by atoms with Gasteiger partial charge in [-0.05, 0) is 42.8 Å². The summed E-state index contributed by atoms with van der Waals surface area (Å²) in [5.74, 6) is -0.589. The van der Waals surface area contributed by atoms with Gasteiger partial charge in [0.15, 0.2) is 0 Å². The number of halogens is 1. The lowest BCUT2D eigenvalue weighted by Gasteiger charge is -2.20. The SMILES string of the molecule is Cc1cc(C2=C/C(=C(/[O-])Cc3ccc(F)cn3)C(=N)C=C2)nc(N)n1. The summed E-state index contributed by atoms with van der Waals surface area (Å²) in [6.07, 6.45) is 5.90. The highest BCUT2D eigenvalue weighted by molar-refractivity contribution is 6.13. The van der Waals surface area contributed by atoms with Crippen LogP contribution in [0.5, 0.6) is 0 Å². The number of aryl methyl sites for hydroxylation is 1. The number of rotatable bonds is 3. The average Bonchev–Trinajstić information content (AvgIpc) is 2.56. The third-order valence-corrected chi connectivity index (χ3v) is 3.62. The summed E-state index contributed by atoms with van der Waals surface area (Å²) in [7, 11) is 0. The molecule has 3 N–H and O–H groups in total. The molecule has 6 nitrogen and oxygen atoms in total. The summed E-state index contributed by atoms with van der Waals surface area (Å²) in [5, 5.41) is 20.5. The molecule has 0 fully saturated rings. The van der Waals surface area contributed by atoms with Gasteiger partial charge in [0.2, 0.25) is 5.95 Å². The molecule has 0 amide bonds. The summed E-state index contributed by atoms with van der Waals surface area (Å²) >= 11 is 0. The van der Waals surface area contributed by atoms with Crippen LogP contribution in [0.15, 0.2) is 54.0 Å². The van der Waals surface area contributed by atoms with Crippen LogP contribution in [-0.4, -0.2) is 20.7 Å². The van der Waals surface area contributed by atoms with E-state index in [4.69, 9.17) is 11.1 Å². The maximum absolute atomic E-state index is 12.9. The fourth-order valence-corrected chi connectivity index (χ4v) is 2.44. The molecule has 0 atom stereocenters. The zero-order valence-corrected chi connectivity index (χ0v) is 13.5. The molecule has 0 unspecified atom stereocenters. The second-order valence-electron chi connectivity index (χ2n) is 5.58. The Morgan fingerprint density at radius 1 is 1.28 bits per heavy atom. The summed E-state index contributed by atoms with van der Waals surface area (Å²) in [5.41, 5.74) is 8.43. The van der Waals surface area contributed by atoms with Crippen LogP contribution in [0.1, 0.15) is 17.1 Å². The van der Waals surface area contributed by atoms with E-state index >= 15 is 0 Å². The van der Waals surface area contributed by atoms with Crippen molar-refractivity contribution in [3.8, 4) is 0 Å². The highest BCUT2D eigenvalue weighted by Gasteiger charge is 2.12. The molecule has 0 saturated heterocycles. The van der Waals surface area contributed by atoms with Crippen molar-refractivity contribution < 1.29 is 9.50 Å². The van der Waals surface area contributed by atoms with Gasteiger partial charge in [0.05, 0.1) is 17.6 Å². The molecule has 2 heterocycles. The lowest BCUT2D eigenvalue weighted by Crippen LogP contribution is -2.16. The minimum absolute atomic E-state index is 0.0133. The van der Waals surface area contributed by atoms with Gasteiger partial charge < -0.3 is 16.2 Å². The van der Waals surface area contributed by atoms with E-state index in [1.807, 2.05) is 0 Å². The first kappa shape index (κ1) is 16.5. The first-order valence-corrected chi connectivity index (χ1v) is 7.53. The standard InChI is InChI=1S/C18H16FN5O/c1-10-6-16(24-18(21)23-10)11-2-5-15(20)14(7-11)17(25)8-13-4-3-12(19)9-22-13/h2-7,9,20,25H,8H2,1H3,(H2,21,23,24)/p-1/b17-14-,20-15?. The third-order valence-electron chi connectivity index (χ3n) is 3.62. The van der Waals surface area contributed by atoms with E-state index in [0.29, 0.717) is 22.7 Å². The summed E-state index contributed by atoms with van der Waals surface area (Å²) in [4.78, 5) is 12.1. The largest absolute Gasteiger partial charge is 0.875 e. The Morgan fingerprint density at radius 2 is 2.08 bits per heavy atom. The molecule has 0 aliphatic heterocycles. The molecule has 25 heavy (non-hydrogen) atoms. The zero-order valence-electron chi connectivity index (χ0n) is 13.5. The summed E-state index contributed by atoms with van der Waals surface area (Å²) in [6, 6.07) is 4.46. The van der Waals surface area contributed by atoms with E-state index in [1.165, 1.54) is 18.2 Å². The Kier molecular flexibility index (Phi) is 4.38. The van der Waals surface area contributed by atoms with E-state index < -0.39 is 5.82 Å². The van der Waals surface area contributed by atoms with Crippen molar-refractivity contribution in [1.82, 2.24) is 15.0 Å². The number of pyridine rings is 1. The lowest BCUT2D eigenvalue weighted by atomic mass is 9.95. The number of anilines is 1. The Hall–Kier alpha value is -3.35. The molecular weight excluding hydrogens is 321 g/mol. The molecular formula is C18H15FN5O-. The first-order chi connectivity index (χ1) is 11.9. The van der Waals surface area contributed by atoms with Gasteiger partial charge in [-0.25, -0.2) is 14.4 Å². The normalized spacial score (nSPS) is 15.9. The van der Waals surface area contributed by atoms with Gasteiger partial charge >= 0.3 is 0 Å². The van der Waals surface area contributed by atoms with Crippen molar-refractivity contribution in [3.63, 3.8) is 0 Å². The fraction of sp³-hybridized carbons (Fsp3) is 0.111. The molecule has 126 valence electrons. The highest BCUT2D eigenvalue weighted by atomic mass is 19.1. The van der Waals surface area contributed by atoms with Crippen molar-refractivity contribution in [2.24, 2.45) is 0 Å². The van der Waals surface area contributed by atoms with Crippen LogP contribution in [0, 0.1) is 18.2 Å². The molecule has 3 rings (SSSR count). The number of hydrogen-bond acceptors (Lipinski definition) is 6. The minimum Gasteiger partial charge on any atom is -0.875 e. The summed E-state index contributed by atoms with van der Waals surface area (Å²) < 4.78 is 12.9. The minimum atomic E-state index is -0.462. The van der Waals surface area contributed by atoms with Crippen molar-refractivity contribution in [2.45, 2.75) is 13.3 Å². The Bertz CT molecular complexity index is 909. The molecule has 2 aromatic rings. The average molecular weight is 336 g/mol. The highest BCUT2D eigenvalue weighted by Crippen LogP contribution is 2.24. The van der Waals surface area contributed by atoms with Crippen molar-refractivity contribution in [2.75, 3.05) is 5.73 Å². The van der Waals surface area contributed by atoms with E-state index in [2.05, 4.69) is 15.0 Å². The quantitative estimate of drug-likeness (QED) is 0.829. The van der Waals surface area contributed by atoms with Crippen molar-refractivity contribution in [1.29, 1.82) is 5.41 Å². The van der Waals surface area contributed by atoms with Gasteiger partial charge in [-0.15, -0.1) is 5.76 Å². The molecule has 0 spiro atoms. The Morgan fingerprint density at radius 3 is 2.76 bits per heavy atom. The third kappa shape index (κ3) is 3.77. The number of allylic oxidation sites excluding steroid dienone is 6. The van der Waals surface area contributed by atoms with Gasteiger partial charge in [-0.1, -0.05) is 6.08 Å². The van der Waals surface area contributed by atoms with E-state index in [0.717, 1.165) is 6.20 Å². The molecule has 0 radical (unpaired) electrons. The molecule has 7 heteroatoms. The molecule has 1 aliphatic rings. The van der Waals surface area contributed by atoms with Gasteiger partial charge in [-0.3, -0.25) is 4.98 Å². The van der Waals surface area contributed by atoms with Crippen LogP contribution in [0.3, 0.4) is 0 Å². The van der Waals surface area contributed by atoms with Crippen LogP contribution in [0.2, 0.25) is 0 Å². The molecule has 0 bridgehead atoms. The zero-order chi connectivity index (χ0) is 18.0. The molecule has 1 aliphatic carbocycles. The number of nitrogens with two attached hydrogens (primary N) is 1. The number of nitrogens with zero attached hydrogens (tertiary/aromatic N) is 3. The Balaban J connectivity index is 1.96. The van der Waals surface area contributed by atoms with Crippen LogP contribution >= 0.6 is 0 Å². The van der Waals surface area contributed by atoms with Crippen molar-refractivity contribution in [3.05, 3.63) is 76.9 Å². The van der Waals surface area contributed by atoms with E-state index in [1.54, 1.807) is 25.1 Å². The van der Waals surface area contributed by atoms with E-state index in [9.17, 15) is 9.50 Å². The number of aromatic nitrogens is 3. The van der Waals surface area contributed by atoms with Crippen LogP contribution in [0.4, 0.5) is 10.3 Å². The maximum Gasteiger partial charge on any atom is 0.220 e. The van der Waals surface area contributed by atoms with Gasteiger partial charge in [0.1, 0.15) is 5.82 Å². The monoisotopic (exact) mass is 336 g/mol. The van der Waals surface area contributed by atoms with Crippen LogP contribution < -0.4 is 10.8 Å². The summed E-state index contributed by atoms with van der Waals surface area (Å²) in [6.45, 7) is 1.80. The fourth-order valence-electron chi connectivity index (χ4n) is 2.44. The lowest BCUT2D eigenvalue weighted by molar-refractivity contribution is -0.306. The maximum atomic E-state index is 12.9. The predicted octanol–water partition coefficient (Wildman–Crippen LogP) is 1.73. The number of nitrogens with one attached hydrogen (secondary N) is 1. The second kappa shape index (κ2) is 6.64. The smallest absolute Gasteiger partial charge is 0.220 e. The second-order valence-corrected chi connectivity index (χ2v) is 5.58. The van der Waals surface area contributed by atoms with Gasteiger partial charge in [0.25, 0.3) is 0 Å². The van der Waals surface area contributed by atoms with Crippen LogP contribution in [-0.2, 0) is 6.42 Å². The van der Waals surface area contributed by atoms with Gasteiger partial charge in [0, 0.05) is 23.4 Å². The molecule has 0 saturated carbocycles. The first-order valence-electron chi connectivity index (χ1n) is 7.53. The number of nitrogen functional groups attached to an aromatic ring is 1. The van der Waals surface area contributed by atoms with E-state index in [-0.39, 0.29) is 29.4 Å².